The van der Waals surface area contributed by atoms with Crippen molar-refractivity contribution in [3.8, 4) is 22.5 Å². The monoisotopic (exact) mass is 463 g/mol. The van der Waals surface area contributed by atoms with Crippen LogP contribution in [-0.4, -0.2) is 25.5 Å². The van der Waals surface area contributed by atoms with Gasteiger partial charge in [0.05, 0.1) is 17.7 Å². The van der Waals surface area contributed by atoms with Gasteiger partial charge in [-0.1, -0.05) is 18.2 Å². The molecule has 0 fully saturated rings. The molecule has 4 aromatic heterocycles. The first-order valence-corrected chi connectivity index (χ1v) is 10.9. The van der Waals surface area contributed by atoms with E-state index in [9.17, 15) is 9.18 Å². The highest BCUT2D eigenvalue weighted by Crippen LogP contribution is 2.36. The fraction of sp³-hybridized carbons (Fsp3) is 0.0435. The molecule has 0 aliphatic carbocycles. The number of fused-ring (bicyclic) bond motifs is 1. The van der Waals surface area contributed by atoms with Crippen molar-refractivity contribution in [2.24, 2.45) is 0 Å². The van der Waals surface area contributed by atoms with Gasteiger partial charge in [-0.25, -0.2) is 18.9 Å². The Balaban J connectivity index is 1.58. The van der Waals surface area contributed by atoms with E-state index in [2.05, 4.69) is 20.4 Å². The number of carbonyl (C=O) groups is 1. The van der Waals surface area contributed by atoms with Crippen LogP contribution in [0.5, 0.6) is 0 Å². The molecule has 5 rings (SSSR count). The second kappa shape index (κ2) is 8.49. The number of benzene rings is 1. The number of hydrogen-bond acceptors (Lipinski definition) is 5. The third-order valence-electron chi connectivity index (χ3n) is 4.82. The zero-order chi connectivity index (χ0) is 22.1. The smallest absolute Gasteiger partial charge is 0.229 e. The molecule has 4 heterocycles. The van der Waals surface area contributed by atoms with Gasteiger partial charge in [-0.15, -0.1) is 11.3 Å². The third kappa shape index (κ3) is 3.98. The lowest BCUT2D eigenvalue weighted by Gasteiger charge is -2.08. The molecule has 0 atom stereocenters. The second-order valence-corrected chi connectivity index (χ2v) is 8.34. The standard InChI is InChI=1S/C23H15ClFN5OS/c24-23-26-9-8-18(28-23)20-21(29-30-10-2-7-17(25)22(20)30)14-4-1-5-15(12-14)27-19(31)13-16-6-3-11-32-16/h1-12H,13H2,(H,27,31). The van der Waals surface area contributed by atoms with E-state index in [4.69, 9.17) is 11.6 Å². The topological polar surface area (TPSA) is 72.2 Å². The van der Waals surface area contributed by atoms with Crippen LogP contribution in [0.25, 0.3) is 28.0 Å². The zero-order valence-electron chi connectivity index (χ0n) is 16.5. The molecule has 32 heavy (non-hydrogen) atoms. The SMILES string of the molecule is O=C(Cc1cccs1)Nc1cccc(-c2nn3cccc(F)c3c2-c2ccnc(Cl)n2)c1. The Morgan fingerprint density at radius 1 is 1.16 bits per heavy atom. The lowest BCUT2D eigenvalue weighted by molar-refractivity contribution is -0.115. The molecule has 0 saturated heterocycles. The Labute approximate surface area is 191 Å². The lowest BCUT2D eigenvalue weighted by Crippen LogP contribution is -2.13. The third-order valence-corrected chi connectivity index (χ3v) is 5.88. The normalized spacial score (nSPS) is 11.1. The Morgan fingerprint density at radius 3 is 2.88 bits per heavy atom. The number of nitrogens with one attached hydrogen (secondary N) is 1. The zero-order valence-corrected chi connectivity index (χ0v) is 18.1. The van der Waals surface area contributed by atoms with Gasteiger partial charge in [-0.05, 0) is 53.4 Å². The summed E-state index contributed by atoms with van der Waals surface area (Å²) in [5.74, 6) is -0.551. The molecule has 0 aliphatic heterocycles. The Hall–Kier alpha value is -3.62. The van der Waals surface area contributed by atoms with Gasteiger partial charge in [0, 0.05) is 28.5 Å². The Kier molecular flexibility index (Phi) is 5.38. The van der Waals surface area contributed by atoms with Gasteiger partial charge < -0.3 is 5.32 Å². The van der Waals surface area contributed by atoms with Crippen LogP contribution in [0.4, 0.5) is 10.1 Å². The van der Waals surface area contributed by atoms with Gasteiger partial charge in [0.25, 0.3) is 0 Å². The first-order valence-electron chi connectivity index (χ1n) is 9.67. The molecular formula is C23H15ClFN5OS. The lowest BCUT2D eigenvalue weighted by atomic mass is 10.0. The van der Waals surface area contributed by atoms with E-state index < -0.39 is 5.82 Å². The molecule has 1 amide bonds. The molecule has 9 heteroatoms. The highest BCUT2D eigenvalue weighted by atomic mass is 35.5. The van der Waals surface area contributed by atoms with Crippen LogP contribution < -0.4 is 5.32 Å². The molecule has 1 aromatic carbocycles. The predicted octanol–water partition coefficient (Wildman–Crippen LogP) is 5.49. The number of amides is 1. The van der Waals surface area contributed by atoms with Gasteiger partial charge in [0.1, 0.15) is 17.0 Å². The van der Waals surface area contributed by atoms with Gasteiger partial charge in [0.2, 0.25) is 11.2 Å². The molecule has 0 bridgehead atoms. The average molecular weight is 464 g/mol. The van der Waals surface area contributed by atoms with Crippen LogP contribution in [0.3, 0.4) is 0 Å². The molecule has 5 aromatic rings. The van der Waals surface area contributed by atoms with Gasteiger partial charge in [-0.3, -0.25) is 4.79 Å². The van der Waals surface area contributed by atoms with E-state index in [0.29, 0.717) is 34.6 Å². The van der Waals surface area contributed by atoms with Gasteiger partial charge >= 0.3 is 0 Å². The average Bonchev–Trinajstić information content (AvgIpc) is 3.42. The van der Waals surface area contributed by atoms with E-state index in [1.54, 1.807) is 30.5 Å². The van der Waals surface area contributed by atoms with Crippen LogP contribution in [0.2, 0.25) is 5.28 Å². The molecule has 1 N–H and O–H groups in total. The summed E-state index contributed by atoms with van der Waals surface area (Å²) in [5, 5.41) is 9.50. The summed E-state index contributed by atoms with van der Waals surface area (Å²) in [6.07, 6.45) is 3.48. The van der Waals surface area contributed by atoms with Crippen molar-refractivity contribution in [3.63, 3.8) is 0 Å². The Morgan fingerprint density at radius 2 is 2.06 bits per heavy atom. The van der Waals surface area contributed by atoms with Crippen molar-refractivity contribution in [2.75, 3.05) is 5.32 Å². The number of aromatic nitrogens is 4. The summed E-state index contributed by atoms with van der Waals surface area (Å²) < 4.78 is 16.3. The summed E-state index contributed by atoms with van der Waals surface area (Å²) in [6.45, 7) is 0. The first-order chi connectivity index (χ1) is 15.6. The van der Waals surface area contributed by atoms with Crippen molar-refractivity contribution in [2.45, 2.75) is 6.42 Å². The van der Waals surface area contributed by atoms with Crippen molar-refractivity contribution in [1.82, 2.24) is 19.6 Å². The van der Waals surface area contributed by atoms with Crippen LogP contribution in [-0.2, 0) is 11.2 Å². The second-order valence-electron chi connectivity index (χ2n) is 6.97. The summed E-state index contributed by atoms with van der Waals surface area (Å²) in [4.78, 5) is 21.6. The molecule has 0 saturated carbocycles. The van der Waals surface area contributed by atoms with Crippen LogP contribution >= 0.6 is 22.9 Å². The van der Waals surface area contributed by atoms with Crippen LogP contribution in [0.1, 0.15) is 4.88 Å². The highest BCUT2D eigenvalue weighted by molar-refractivity contribution is 7.10. The minimum Gasteiger partial charge on any atom is -0.326 e. The molecule has 0 spiro atoms. The number of hydrogen-bond donors (Lipinski definition) is 1. The van der Waals surface area contributed by atoms with Crippen molar-refractivity contribution in [1.29, 1.82) is 0 Å². The van der Waals surface area contributed by atoms with Crippen molar-refractivity contribution < 1.29 is 9.18 Å². The van der Waals surface area contributed by atoms with Gasteiger partial charge in [-0.2, -0.15) is 5.10 Å². The molecule has 158 valence electrons. The number of thiophene rings is 1. The first kappa shape index (κ1) is 20.3. The highest BCUT2D eigenvalue weighted by Gasteiger charge is 2.21. The number of halogens is 2. The summed E-state index contributed by atoms with van der Waals surface area (Å²) >= 11 is 7.54. The van der Waals surface area contributed by atoms with E-state index in [0.717, 1.165) is 4.88 Å². The predicted molar refractivity (Wildman–Crippen MR) is 123 cm³/mol. The van der Waals surface area contributed by atoms with Crippen LogP contribution in [0, 0.1) is 5.82 Å². The number of pyridine rings is 1. The molecule has 0 unspecified atom stereocenters. The minimum absolute atomic E-state index is 0.0544. The molecular weight excluding hydrogens is 449 g/mol. The quantitative estimate of drug-likeness (QED) is 0.350. The van der Waals surface area contributed by atoms with E-state index in [1.807, 2.05) is 29.6 Å². The molecule has 6 nitrogen and oxygen atoms in total. The van der Waals surface area contributed by atoms with E-state index >= 15 is 0 Å². The Bertz CT molecular complexity index is 1430. The maximum atomic E-state index is 14.8. The number of anilines is 1. The van der Waals surface area contributed by atoms with Gasteiger partial charge in [0.15, 0.2) is 0 Å². The fourth-order valence-corrected chi connectivity index (χ4v) is 4.35. The fourth-order valence-electron chi connectivity index (χ4n) is 3.50. The van der Waals surface area contributed by atoms with E-state index in [1.165, 1.54) is 28.1 Å². The molecule has 0 aliphatic rings. The largest absolute Gasteiger partial charge is 0.326 e. The summed E-state index contributed by atoms with van der Waals surface area (Å²) in [5.41, 5.74) is 3.06. The number of nitrogens with zero attached hydrogens (tertiary/aromatic N) is 4. The molecule has 0 radical (unpaired) electrons. The minimum atomic E-state index is -0.434. The number of carbonyl (C=O) groups excluding carboxylic acids is 1. The maximum absolute atomic E-state index is 14.8. The van der Waals surface area contributed by atoms with Crippen molar-refractivity contribution in [3.05, 3.63) is 88.3 Å². The van der Waals surface area contributed by atoms with Crippen molar-refractivity contribution >= 4 is 40.0 Å². The summed E-state index contributed by atoms with van der Waals surface area (Å²) in [7, 11) is 0. The van der Waals surface area contributed by atoms with Crippen LogP contribution in [0.15, 0.2) is 72.4 Å². The number of rotatable bonds is 5. The van der Waals surface area contributed by atoms with E-state index in [-0.39, 0.29) is 16.7 Å². The maximum Gasteiger partial charge on any atom is 0.229 e. The summed E-state index contributed by atoms with van der Waals surface area (Å²) in [6, 6.07) is 15.7.